The molecule has 1 amide bonds. The van der Waals surface area contributed by atoms with Gasteiger partial charge in [0, 0.05) is 22.7 Å². The van der Waals surface area contributed by atoms with Crippen molar-refractivity contribution in [3.63, 3.8) is 0 Å². The zero-order valence-corrected chi connectivity index (χ0v) is 11.9. The summed E-state index contributed by atoms with van der Waals surface area (Å²) in [6.07, 6.45) is 1.50. The van der Waals surface area contributed by atoms with Crippen LogP contribution in [0.2, 0.25) is 0 Å². The molecule has 0 saturated carbocycles. The first-order valence-electron chi connectivity index (χ1n) is 6.40. The lowest BCUT2D eigenvalue weighted by Crippen LogP contribution is -2.07. The molecular formula is C16H13NO3S. The Morgan fingerprint density at radius 3 is 2.76 bits per heavy atom. The smallest absolute Gasteiger partial charge is 0.248 e. The number of carbonyl (C=O) groups is 1. The Labute approximate surface area is 126 Å². The standard InChI is InChI=1S/C16H13NO3S/c18-16(8-9-21-13-4-2-1-3-5-13)17-12-6-7-14-15(10-12)20-11-19-14/h1-10H,11H2,(H,17,18). The zero-order chi connectivity index (χ0) is 14.5. The fourth-order valence-electron chi connectivity index (χ4n) is 1.83. The number of rotatable bonds is 4. The first-order chi connectivity index (χ1) is 10.3. The molecule has 3 rings (SSSR count). The minimum atomic E-state index is -0.183. The fourth-order valence-corrected chi connectivity index (χ4v) is 2.49. The number of benzene rings is 2. The Morgan fingerprint density at radius 2 is 1.90 bits per heavy atom. The van der Waals surface area contributed by atoms with Gasteiger partial charge in [0.15, 0.2) is 11.5 Å². The first kappa shape index (κ1) is 13.6. The third kappa shape index (κ3) is 3.58. The minimum Gasteiger partial charge on any atom is -0.454 e. The van der Waals surface area contributed by atoms with E-state index >= 15 is 0 Å². The Morgan fingerprint density at radius 1 is 1.10 bits per heavy atom. The molecule has 106 valence electrons. The molecule has 1 aliphatic rings. The van der Waals surface area contributed by atoms with Crippen LogP contribution in [-0.4, -0.2) is 12.7 Å². The largest absolute Gasteiger partial charge is 0.454 e. The van der Waals surface area contributed by atoms with Gasteiger partial charge in [0.25, 0.3) is 0 Å². The second-order valence-corrected chi connectivity index (χ2v) is 5.27. The van der Waals surface area contributed by atoms with Gasteiger partial charge in [0.05, 0.1) is 0 Å². The summed E-state index contributed by atoms with van der Waals surface area (Å²) in [6, 6.07) is 15.2. The molecule has 0 saturated heterocycles. The van der Waals surface area contributed by atoms with Crippen molar-refractivity contribution in [3.05, 3.63) is 60.0 Å². The highest BCUT2D eigenvalue weighted by Gasteiger charge is 2.13. The summed E-state index contributed by atoms with van der Waals surface area (Å²) in [5.41, 5.74) is 0.679. The molecular weight excluding hydrogens is 286 g/mol. The number of thioether (sulfide) groups is 1. The molecule has 1 aliphatic heterocycles. The Kier molecular flexibility index (Phi) is 4.12. The molecule has 21 heavy (non-hydrogen) atoms. The van der Waals surface area contributed by atoms with Crippen molar-refractivity contribution in [1.82, 2.24) is 0 Å². The van der Waals surface area contributed by atoms with Crippen molar-refractivity contribution in [1.29, 1.82) is 0 Å². The summed E-state index contributed by atoms with van der Waals surface area (Å²) in [5, 5.41) is 4.54. The van der Waals surface area contributed by atoms with E-state index in [1.54, 1.807) is 23.6 Å². The predicted molar refractivity (Wildman–Crippen MR) is 82.6 cm³/mol. The van der Waals surface area contributed by atoms with E-state index in [1.807, 2.05) is 30.3 Å². The third-order valence-electron chi connectivity index (χ3n) is 2.81. The van der Waals surface area contributed by atoms with Crippen molar-refractivity contribution in [2.24, 2.45) is 0 Å². The average Bonchev–Trinajstić information content (AvgIpc) is 2.96. The zero-order valence-electron chi connectivity index (χ0n) is 11.1. The van der Waals surface area contributed by atoms with Crippen molar-refractivity contribution in [2.75, 3.05) is 12.1 Å². The molecule has 1 N–H and O–H groups in total. The van der Waals surface area contributed by atoms with Gasteiger partial charge in [0.2, 0.25) is 12.7 Å². The van der Waals surface area contributed by atoms with E-state index in [-0.39, 0.29) is 12.7 Å². The highest BCUT2D eigenvalue weighted by atomic mass is 32.2. The Balaban J connectivity index is 1.56. The van der Waals surface area contributed by atoms with Crippen LogP contribution in [0, 0.1) is 0 Å². The SMILES string of the molecule is O=C(C=CSc1ccccc1)Nc1ccc2c(c1)OCO2. The second-order valence-electron chi connectivity index (χ2n) is 4.29. The summed E-state index contributed by atoms with van der Waals surface area (Å²) in [7, 11) is 0. The van der Waals surface area contributed by atoms with Gasteiger partial charge in [0.1, 0.15) is 0 Å². The first-order valence-corrected chi connectivity index (χ1v) is 7.28. The quantitative estimate of drug-likeness (QED) is 0.691. The molecule has 0 spiro atoms. The highest BCUT2D eigenvalue weighted by molar-refractivity contribution is 8.02. The number of carbonyl (C=O) groups excluding carboxylic acids is 1. The van der Waals surface area contributed by atoms with Crippen LogP contribution in [0.25, 0.3) is 0 Å². The maximum absolute atomic E-state index is 11.8. The van der Waals surface area contributed by atoms with Crippen LogP contribution in [-0.2, 0) is 4.79 Å². The molecule has 0 unspecified atom stereocenters. The second kappa shape index (κ2) is 6.37. The Bertz CT molecular complexity index is 670. The van der Waals surface area contributed by atoms with E-state index in [0.717, 1.165) is 4.90 Å². The van der Waals surface area contributed by atoms with E-state index < -0.39 is 0 Å². The lowest BCUT2D eigenvalue weighted by Gasteiger charge is -2.03. The molecule has 2 aromatic carbocycles. The molecule has 4 nitrogen and oxygen atoms in total. The summed E-state index contributed by atoms with van der Waals surface area (Å²) in [4.78, 5) is 12.9. The van der Waals surface area contributed by atoms with Crippen molar-refractivity contribution in [3.8, 4) is 11.5 Å². The van der Waals surface area contributed by atoms with Crippen molar-refractivity contribution in [2.45, 2.75) is 4.90 Å². The van der Waals surface area contributed by atoms with E-state index in [4.69, 9.17) is 9.47 Å². The fraction of sp³-hybridized carbons (Fsp3) is 0.0625. The lowest BCUT2D eigenvalue weighted by molar-refractivity contribution is -0.111. The van der Waals surface area contributed by atoms with Crippen molar-refractivity contribution >= 4 is 23.4 Å². The van der Waals surface area contributed by atoms with Gasteiger partial charge in [-0.25, -0.2) is 0 Å². The van der Waals surface area contributed by atoms with Gasteiger partial charge in [-0.05, 0) is 29.7 Å². The van der Waals surface area contributed by atoms with Gasteiger partial charge in [-0.3, -0.25) is 4.79 Å². The highest BCUT2D eigenvalue weighted by Crippen LogP contribution is 2.34. The number of hydrogen-bond acceptors (Lipinski definition) is 4. The topological polar surface area (TPSA) is 47.6 Å². The maximum Gasteiger partial charge on any atom is 0.248 e. The van der Waals surface area contributed by atoms with Crippen LogP contribution >= 0.6 is 11.8 Å². The number of ether oxygens (including phenoxy) is 2. The number of amides is 1. The summed E-state index contributed by atoms with van der Waals surface area (Å²) in [5.74, 6) is 1.16. The van der Waals surface area contributed by atoms with Crippen LogP contribution in [0.1, 0.15) is 0 Å². The van der Waals surface area contributed by atoms with E-state index in [0.29, 0.717) is 17.2 Å². The predicted octanol–water partition coefficient (Wildman–Crippen LogP) is 3.66. The molecule has 0 radical (unpaired) electrons. The van der Waals surface area contributed by atoms with Crippen LogP contribution in [0.15, 0.2) is 64.9 Å². The molecule has 0 aromatic heterocycles. The van der Waals surface area contributed by atoms with Gasteiger partial charge in [-0.1, -0.05) is 30.0 Å². The van der Waals surface area contributed by atoms with E-state index in [2.05, 4.69) is 5.32 Å². The maximum atomic E-state index is 11.8. The van der Waals surface area contributed by atoms with Gasteiger partial charge in [-0.2, -0.15) is 0 Å². The molecule has 2 aromatic rings. The summed E-state index contributed by atoms with van der Waals surface area (Å²) >= 11 is 1.49. The van der Waals surface area contributed by atoms with E-state index in [1.165, 1.54) is 17.8 Å². The number of nitrogens with one attached hydrogen (secondary N) is 1. The number of anilines is 1. The van der Waals surface area contributed by atoms with Crippen LogP contribution in [0.5, 0.6) is 11.5 Å². The minimum absolute atomic E-state index is 0.183. The van der Waals surface area contributed by atoms with Gasteiger partial charge < -0.3 is 14.8 Å². The molecule has 0 fully saturated rings. The van der Waals surface area contributed by atoms with Gasteiger partial charge in [-0.15, -0.1) is 0 Å². The normalized spacial score (nSPS) is 12.6. The molecule has 0 bridgehead atoms. The van der Waals surface area contributed by atoms with Crippen LogP contribution in [0.3, 0.4) is 0 Å². The molecule has 5 heteroatoms. The van der Waals surface area contributed by atoms with Crippen LogP contribution in [0.4, 0.5) is 5.69 Å². The molecule has 0 atom stereocenters. The number of fused-ring (bicyclic) bond motifs is 1. The summed E-state index contributed by atoms with van der Waals surface area (Å²) in [6.45, 7) is 0.223. The lowest BCUT2D eigenvalue weighted by atomic mass is 10.3. The van der Waals surface area contributed by atoms with Crippen molar-refractivity contribution < 1.29 is 14.3 Å². The monoisotopic (exact) mass is 299 g/mol. The average molecular weight is 299 g/mol. The number of hydrogen-bond donors (Lipinski definition) is 1. The molecule has 1 heterocycles. The van der Waals surface area contributed by atoms with E-state index in [9.17, 15) is 4.79 Å². The van der Waals surface area contributed by atoms with Crippen LogP contribution < -0.4 is 14.8 Å². The summed E-state index contributed by atoms with van der Waals surface area (Å²) < 4.78 is 10.5. The Hall–Kier alpha value is -2.40. The molecule has 0 aliphatic carbocycles. The third-order valence-corrected chi connectivity index (χ3v) is 3.62. The van der Waals surface area contributed by atoms with Gasteiger partial charge >= 0.3 is 0 Å².